The predicted octanol–water partition coefficient (Wildman–Crippen LogP) is 2.42. The summed E-state index contributed by atoms with van der Waals surface area (Å²) in [7, 11) is 0. The normalized spacial score (nSPS) is 10.4. The van der Waals surface area contributed by atoms with Gasteiger partial charge >= 0.3 is 6.03 Å². The highest BCUT2D eigenvalue weighted by atomic mass is 79.9. The molecule has 24 heavy (non-hydrogen) atoms. The Kier molecular flexibility index (Phi) is 5.12. The van der Waals surface area contributed by atoms with Gasteiger partial charge in [0.05, 0.1) is 17.3 Å². The molecule has 2 amide bonds. The van der Waals surface area contributed by atoms with Crippen molar-refractivity contribution in [3.05, 3.63) is 47.6 Å². The number of pyridine rings is 2. The van der Waals surface area contributed by atoms with Gasteiger partial charge in [0.15, 0.2) is 5.65 Å². The summed E-state index contributed by atoms with van der Waals surface area (Å²) in [5.41, 5.74) is 1.25. The highest BCUT2D eigenvalue weighted by Crippen LogP contribution is 2.20. The Labute approximate surface area is 146 Å². The van der Waals surface area contributed by atoms with Crippen LogP contribution in [0.15, 0.2) is 47.6 Å². The highest BCUT2D eigenvalue weighted by Gasteiger charge is 2.05. The van der Waals surface area contributed by atoms with Crippen LogP contribution in [0.5, 0.6) is 0 Å². The van der Waals surface area contributed by atoms with Gasteiger partial charge < -0.3 is 16.0 Å². The fraction of sp³-hybridized carbons (Fsp3) is 0.133. The van der Waals surface area contributed by atoms with Crippen LogP contribution in [0.25, 0.3) is 11.0 Å². The first-order valence-electron chi connectivity index (χ1n) is 7.17. The van der Waals surface area contributed by atoms with Crippen LogP contribution < -0.4 is 16.0 Å². The van der Waals surface area contributed by atoms with E-state index in [4.69, 9.17) is 0 Å². The van der Waals surface area contributed by atoms with Gasteiger partial charge in [-0.2, -0.15) is 0 Å². The molecule has 0 aliphatic rings. The van der Waals surface area contributed by atoms with E-state index < -0.39 is 0 Å². The minimum absolute atomic E-state index is 0.290. The van der Waals surface area contributed by atoms with Crippen molar-refractivity contribution in [1.82, 2.24) is 25.3 Å². The summed E-state index contributed by atoms with van der Waals surface area (Å²) in [5.74, 6) is 0.670. The number of aromatic nitrogens is 4. The quantitative estimate of drug-likeness (QED) is 0.580. The number of hydrogen-bond acceptors (Lipinski definition) is 6. The Bertz CT molecular complexity index is 844. The number of rotatable bonds is 5. The second-order valence-electron chi connectivity index (χ2n) is 4.80. The van der Waals surface area contributed by atoms with Gasteiger partial charge in [-0.15, -0.1) is 0 Å². The van der Waals surface area contributed by atoms with Gasteiger partial charge in [-0.1, -0.05) is 0 Å². The molecule has 122 valence electrons. The van der Waals surface area contributed by atoms with Crippen molar-refractivity contribution in [2.24, 2.45) is 0 Å². The van der Waals surface area contributed by atoms with E-state index >= 15 is 0 Å². The van der Waals surface area contributed by atoms with Crippen LogP contribution in [0.4, 0.5) is 16.3 Å². The zero-order chi connectivity index (χ0) is 16.8. The first kappa shape index (κ1) is 16.1. The smallest absolute Gasteiger partial charge is 0.319 e. The molecule has 0 saturated heterocycles. The maximum Gasteiger partial charge on any atom is 0.319 e. The van der Waals surface area contributed by atoms with Crippen molar-refractivity contribution in [2.45, 2.75) is 0 Å². The van der Waals surface area contributed by atoms with Gasteiger partial charge in [0, 0.05) is 30.0 Å². The molecule has 3 aromatic rings. The monoisotopic (exact) mass is 387 g/mol. The average molecular weight is 388 g/mol. The molecule has 0 aromatic carbocycles. The maximum atomic E-state index is 11.8. The third-order valence-electron chi connectivity index (χ3n) is 3.08. The molecule has 0 unspecified atom stereocenters. The lowest BCUT2D eigenvalue weighted by atomic mass is 10.3. The van der Waals surface area contributed by atoms with Crippen LogP contribution in [-0.2, 0) is 0 Å². The van der Waals surface area contributed by atoms with Gasteiger partial charge in [-0.05, 0) is 34.1 Å². The van der Waals surface area contributed by atoms with Crippen LogP contribution in [0, 0.1) is 0 Å². The number of nitrogens with zero attached hydrogens (tertiary/aromatic N) is 4. The molecule has 9 heteroatoms. The summed E-state index contributed by atoms with van der Waals surface area (Å²) >= 11 is 3.38. The molecular formula is C15H14BrN7O. The SMILES string of the molecule is O=C(NCCNc1ncnc2ncc(Br)cc12)Nc1cccnc1. The summed E-state index contributed by atoms with van der Waals surface area (Å²) in [6.07, 6.45) is 6.36. The van der Waals surface area contributed by atoms with Gasteiger partial charge in [0.2, 0.25) is 0 Å². The Hall–Kier alpha value is -2.81. The number of halogens is 1. The van der Waals surface area contributed by atoms with E-state index in [1.54, 1.807) is 30.7 Å². The fourth-order valence-corrected chi connectivity index (χ4v) is 2.36. The van der Waals surface area contributed by atoms with E-state index in [2.05, 4.69) is 51.8 Å². The van der Waals surface area contributed by atoms with E-state index in [0.29, 0.717) is 30.2 Å². The van der Waals surface area contributed by atoms with Gasteiger partial charge in [0.25, 0.3) is 0 Å². The van der Waals surface area contributed by atoms with Gasteiger partial charge in [0.1, 0.15) is 12.1 Å². The Morgan fingerprint density at radius 2 is 2.08 bits per heavy atom. The molecule has 0 spiro atoms. The summed E-state index contributed by atoms with van der Waals surface area (Å²) in [6, 6.07) is 5.13. The summed E-state index contributed by atoms with van der Waals surface area (Å²) in [4.78, 5) is 28.2. The molecule has 0 fully saturated rings. The first-order valence-corrected chi connectivity index (χ1v) is 7.97. The summed E-state index contributed by atoms with van der Waals surface area (Å²) < 4.78 is 0.849. The highest BCUT2D eigenvalue weighted by molar-refractivity contribution is 9.10. The van der Waals surface area contributed by atoms with E-state index in [9.17, 15) is 4.79 Å². The van der Waals surface area contributed by atoms with E-state index in [-0.39, 0.29) is 6.03 Å². The van der Waals surface area contributed by atoms with Crippen LogP contribution in [0.1, 0.15) is 0 Å². The standard InChI is InChI=1S/C15H14BrN7O/c16-10-6-12-13(21-9-22-14(12)20-7-10)18-4-5-19-15(24)23-11-2-1-3-17-8-11/h1-3,6-9H,4-5H2,(H2,19,23,24)(H,18,20,21,22). The molecule has 3 N–H and O–H groups in total. The Morgan fingerprint density at radius 3 is 2.92 bits per heavy atom. The van der Waals surface area contributed by atoms with Crippen molar-refractivity contribution in [2.75, 3.05) is 23.7 Å². The number of carbonyl (C=O) groups is 1. The Morgan fingerprint density at radius 1 is 1.17 bits per heavy atom. The van der Waals surface area contributed by atoms with Crippen molar-refractivity contribution in [3.8, 4) is 0 Å². The van der Waals surface area contributed by atoms with E-state index in [1.165, 1.54) is 6.33 Å². The van der Waals surface area contributed by atoms with Crippen LogP contribution in [-0.4, -0.2) is 39.1 Å². The van der Waals surface area contributed by atoms with Crippen molar-refractivity contribution in [3.63, 3.8) is 0 Å². The molecule has 3 aromatic heterocycles. The van der Waals surface area contributed by atoms with Crippen molar-refractivity contribution < 1.29 is 4.79 Å². The molecule has 0 saturated carbocycles. The number of urea groups is 1. The Balaban J connectivity index is 1.52. The van der Waals surface area contributed by atoms with Gasteiger partial charge in [-0.25, -0.2) is 19.7 Å². The molecule has 8 nitrogen and oxygen atoms in total. The molecule has 3 rings (SSSR count). The second kappa shape index (κ2) is 7.64. The zero-order valence-corrected chi connectivity index (χ0v) is 14.1. The lowest BCUT2D eigenvalue weighted by Gasteiger charge is -2.10. The van der Waals surface area contributed by atoms with Crippen molar-refractivity contribution >= 4 is 44.5 Å². The van der Waals surface area contributed by atoms with Crippen LogP contribution in [0.2, 0.25) is 0 Å². The minimum Gasteiger partial charge on any atom is -0.368 e. The third kappa shape index (κ3) is 4.13. The molecular weight excluding hydrogens is 374 g/mol. The van der Waals surface area contributed by atoms with E-state index in [0.717, 1.165) is 9.86 Å². The molecule has 0 aliphatic carbocycles. The lowest BCUT2D eigenvalue weighted by Crippen LogP contribution is -2.32. The third-order valence-corrected chi connectivity index (χ3v) is 3.51. The number of hydrogen-bond donors (Lipinski definition) is 3. The molecule has 0 atom stereocenters. The second-order valence-corrected chi connectivity index (χ2v) is 5.71. The molecule has 0 aliphatic heterocycles. The molecule has 3 heterocycles. The largest absolute Gasteiger partial charge is 0.368 e. The predicted molar refractivity (Wildman–Crippen MR) is 94.8 cm³/mol. The van der Waals surface area contributed by atoms with Crippen LogP contribution in [0.3, 0.4) is 0 Å². The number of anilines is 2. The number of carbonyl (C=O) groups excluding carboxylic acids is 1. The first-order chi connectivity index (χ1) is 11.7. The fourth-order valence-electron chi connectivity index (χ4n) is 2.03. The zero-order valence-electron chi connectivity index (χ0n) is 12.5. The topological polar surface area (TPSA) is 105 Å². The summed E-state index contributed by atoms with van der Waals surface area (Å²) in [6.45, 7) is 0.943. The van der Waals surface area contributed by atoms with Crippen LogP contribution >= 0.6 is 15.9 Å². The van der Waals surface area contributed by atoms with Crippen molar-refractivity contribution in [1.29, 1.82) is 0 Å². The van der Waals surface area contributed by atoms with Gasteiger partial charge in [-0.3, -0.25) is 4.98 Å². The van der Waals surface area contributed by atoms with E-state index in [1.807, 2.05) is 6.07 Å². The lowest BCUT2D eigenvalue weighted by molar-refractivity contribution is 0.252. The maximum absolute atomic E-state index is 11.8. The molecule has 0 bridgehead atoms. The summed E-state index contributed by atoms with van der Waals surface area (Å²) in [5, 5.41) is 9.43. The number of nitrogens with one attached hydrogen (secondary N) is 3. The number of fused-ring (bicyclic) bond motifs is 1. The average Bonchev–Trinajstić information content (AvgIpc) is 2.60. The minimum atomic E-state index is -0.290. The molecule has 0 radical (unpaired) electrons. The number of amides is 2.